The third kappa shape index (κ3) is 1.98. The standard InChI is InChI=1S/C15H18N2O4/c1-17-14(18)12-9-7-11(21-3)10(20-2)6-8(9)4-5-16-13(12)15(17)19/h6-7,12-13,16H,4-5H2,1-3H3/t12-,13+/m1/s1. The van der Waals surface area contributed by atoms with Crippen LogP contribution in [0.4, 0.5) is 0 Å². The van der Waals surface area contributed by atoms with Gasteiger partial charge >= 0.3 is 0 Å². The Morgan fingerprint density at radius 3 is 2.48 bits per heavy atom. The third-order valence-electron chi connectivity index (χ3n) is 4.27. The first kappa shape index (κ1) is 13.9. The van der Waals surface area contributed by atoms with Crippen LogP contribution in [0, 0.1) is 0 Å². The maximum absolute atomic E-state index is 12.4. The van der Waals surface area contributed by atoms with E-state index in [1.165, 1.54) is 11.9 Å². The van der Waals surface area contributed by atoms with E-state index >= 15 is 0 Å². The second-order valence-corrected chi connectivity index (χ2v) is 5.30. The summed E-state index contributed by atoms with van der Waals surface area (Å²) in [4.78, 5) is 25.8. The number of amides is 2. The molecule has 1 N–H and O–H groups in total. The fraction of sp³-hybridized carbons (Fsp3) is 0.467. The normalized spacial score (nSPS) is 24.4. The molecule has 1 aromatic carbocycles. The van der Waals surface area contributed by atoms with Crippen LogP contribution in [0.5, 0.6) is 11.5 Å². The Kier molecular flexibility index (Phi) is 3.33. The van der Waals surface area contributed by atoms with Crippen LogP contribution in [-0.2, 0) is 16.0 Å². The predicted octanol–water partition coefficient (Wildman–Crippen LogP) is 0.300. The Hall–Kier alpha value is -2.08. The van der Waals surface area contributed by atoms with E-state index in [4.69, 9.17) is 9.47 Å². The third-order valence-corrected chi connectivity index (χ3v) is 4.27. The average Bonchev–Trinajstić information content (AvgIpc) is 2.67. The lowest BCUT2D eigenvalue weighted by atomic mass is 9.89. The zero-order valence-corrected chi connectivity index (χ0v) is 12.3. The second kappa shape index (κ2) is 5.04. The molecule has 1 aromatic rings. The summed E-state index contributed by atoms with van der Waals surface area (Å²) in [5.74, 6) is 0.381. The number of methoxy groups -OCH3 is 2. The van der Waals surface area contributed by atoms with Gasteiger partial charge in [0.05, 0.1) is 20.1 Å². The molecule has 2 atom stereocenters. The molecule has 2 aliphatic heterocycles. The maximum Gasteiger partial charge on any atom is 0.247 e. The van der Waals surface area contributed by atoms with Gasteiger partial charge in [-0.3, -0.25) is 14.5 Å². The highest BCUT2D eigenvalue weighted by atomic mass is 16.5. The minimum Gasteiger partial charge on any atom is -0.493 e. The monoisotopic (exact) mass is 290 g/mol. The number of fused-ring (bicyclic) bond motifs is 3. The molecular weight excluding hydrogens is 272 g/mol. The van der Waals surface area contributed by atoms with Crippen molar-refractivity contribution in [2.75, 3.05) is 27.8 Å². The van der Waals surface area contributed by atoms with Gasteiger partial charge in [-0.1, -0.05) is 0 Å². The lowest BCUT2D eigenvalue weighted by Gasteiger charge is -2.17. The lowest BCUT2D eigenvalue weighted by molar-refractivity contribution is -0.137. The molecule has 21 heavy (non-hydrogen) atoms. The number of carbonyl (C=O) groups is 2. The molecule has 0 saturated carbocycles. The van der Waals surface area contributed by atoms with Crippen molar-refractivity contribution < 1.29 is 19.1 Å². The molecule has 1 saturated heterocycles. The summed E-state index contributed by atoms with van der Waals surface area (Å²) in [5.41, 5.74) is 1.87. The molecule has 3 rings (SSSR count). The van der Waals surface area contributed by atoms with Crippen molar-refractivity contribution in [2.24, 2.45) is 0 Å². The number of nitrogens with one attached hydrogen (secondary N) is 1. The highest BCUT2D eigenvalue weighted by Gasteiger charge is 2.48. The van der Waals surface area contributed by atoms with Crippen LogP contribution in [0.2, 0.25) is 0 Å². The van der Waals surface area contributed by atoms with Gasteiger partial charge in [0.15, 0.2) is 11.5 Å². The number of ether oxygens (including phenoxy) is 2. The zero-order valence-electron chi connectivity index (χ0n) is 12.3. The van der Waals surface area contributed by atoms with E-state index < -0.39 is 12.0 Å². The SMILES string of the molecule is COc1cc2c(cc1OC)[C@H]1C(=O)N(C)C(=O)[C@H]1NCC2. The average molecular weight is 290 g/mol. The van der Waals surface area contributed by atoms with Gasteiger partial charge in [0, 0.05) is 7.05 Å². The molecular formula is C15H18N2O4. The van der Waals surface area contributed by atoms with Crippen molar-refractivity contribution in [2.45, 2.75) is 18.4 Å². The molecule has 6 nitrogen and oxygen atoms in total. The van der Waals surface area contributed by atoms with Gasteiger partial charge in [-0.05, 0) is 36.2 Å². The van der Waals surface area contributed by atoms with Crippen molar-refractivity contribution in [3.63, 3.8) is 0 Å². The Balaban J connectivity index is 2.15. The molecule has 112 valence electrons. The molecule has 6 heteroatoms. The molecule has 0 unspecified atom stereocenters. The van der Waals surface area contributed by atoms with Crippen LogP contribution in [0.3, 0.4) is 0 Å². The van der Waals surface area contributed by atoms with Gasteiger partial charge in [-0.25, -0.2) is 0 Å². The smallest absolute Gasteiger partial charge is 0.247 e. The number of likely N-dealkylation sites (N-methyl/N-ethyl adjacent to an activating group) is 1. The van der Waals surface area contributed by atoms with Gasteiger partial charge in [0.2, 0.25) is 11.8 Å². The molecule has 2 amide bonds. The molecule has 0 aromatic heterocycles. The predicted molar refractivity (Wildman–Crippen MR) is 75.6 cm³/mol. The van der Waals surface area contributed by atoms with E-state index in [1.807, 2.05) is 12.1 Å². The van der Waals surface area contributed by atoms with Crippen LogP contribution in [0.25, 0.3) is 0 Å². The number of hydrogen-bond acceptors (Lipinski definition) is 5. The van der Waals surface area contributed by atoms with Gasteiger partial charge in [0.1, 0.15) is 6.04 Å². The molecule has 0 aliphatic carbocycles. The first-order valence-corrected chi connectivity index (χ1v) is 6.88. The summed E-state index contributed by atoms with van der Waals surface area (Å²) in [5, 5.41) is 3.18. The van der Waals surface area contributed by atoms with Crippen LogP contribution in [0.1, 0.15) is 17.0 Å². The highest BCUT2D eigenvalue weighted by Crippen LogP contribution is 2.39. The molecule has 0 bridgehead atoms. The largest absolute Gasteiger partial charge is 0.493 e. The second-order valence-electron chi connectivity index (χ2n) is 5.30. The van der Waals surface area contributed by atoms with E-state index in [9.17, 15) is 9.59 Å². The first-order valence-electron chi connectivity index (χ1n) is 6.88. The van der Waals surface area contributed by atoms with E-state index in [1.54, 1.807) is 14.2 Å². The minimum atomic E-state index is -0.486. The summed E-state index contributed by atoms with van der Waals surface area (Å²) >= 11 is 0. The van der Waals surface area contributed by atoms with Crippen LogP contribution in [-0.4, -0.2) is 50.6 Å². The fourth-order valence-corrected chi connectivity index (χ4v) is 3.13. The number of imide groups is 1. The van der Waals surface area contributed by atoms with E-state index in [0.29, 0.717) is 18.0 Å². The fourth-order valence-electron chi connectivity index (χ4n) is 3.13. The number of likely N-dealkylation sites (tertiary alicyclic amines) is 1. The summed E-state index contributed by atoms with van der Waals surface area (Å²) in [7, 11) is 4.67. The number of rotatable bonds is 2. The summed E-state index contributed by atoms with van der Waals surface area (Å²) < 4.78 is 10.6. The van der Waals surface area contributed by atoms with Gasteiger partial charge in [-0.2, -0.15) is 0 Å². The lowest BCUT2D eigenvalue weighted by Crippen LogP contribution is -2.39. The van der Waals surface area contributed by atoms with Crippen molar-refractivity contribution in [1.82, 2.24) is 10.2 Å². The van der Waals surface area contributed by atoms with Crippen molar-refractivity contribution in [1.29, 1.82) is 0 Å². The van der Waals surface area contributed by atoms with E-state index in [2.05, 4.69) is 5.32 Å². The van der Waals surface area contributed by atoms with Crippen LogP contribution in [0.15, 0.2) is 12.1 Å². The van der Waals surface area contributed by atoms with E-state index in [-0.39, 0.29) is 11.8 Å². The Bertz CT molecular complexity index is 614. The molecule has 2 heterocycles. The highest BCUT2D eigenvalue weighted by molar-refractivity contribution is 6.09. The topological polar surface area (TPSA) is 67.9 Å². The number of nitrogens with zero attached hydrogens (tertiary/aromatic N) is 1. The van der Waals surface area contributed by atoms with Gasteiger partial charge in [0.25, 0.3) is 0 Å². The van der Waals surface area contributed by atoms with Gasteiger partial charge < -0.3 is 14.8 Å². The summed E-state index contributed by atoms with van der Waals surface area (Å²) in [6, 6.07) is 3.24. The Morgan fingerprint density at radius 2 is 1.81 bits per heavy atom. The van der Waals surface area contributed by atoms with Crippen LogP contribution < -0.4 is 14.8 Å². The minimum absolute atomic E-state index is 0.173. The molecule has 2 aliphatic rings. The molecule has 1 fully saturated rings. The molecule has 0 radical (unpaired) electrons. The quantitative estimate of drug-likeness (QED) is 0.794. The Labute approximate surface area is 123 Å². The number of carbonyl (C=O) groups excluding carboxylic acids is 2. The summed E-state index contributed by atoms with van der Waals surface area (Å²) in [6.45, 7) is 0.649. The number of hydrogen-bond donors (Lipinski definition) is 1. The zero-order chi connectivity index (χ0) is 15.1. The summed E-state index contributed by atoms with van der Waals surface area (Å²) in [6.07, 6.45) is 0.743. The number of benzene rings is 1. The van der Waals surface area contributed by atoms with Crippen LogP contribution >= 0.6 is 0 Å². The van der Waals surface area contributed by atoms with Crippen molar-refractivity contribution in [3.8, 4) is 11.5 Å². The molecule has 0 spiro atoms. The first-order chi connectivity index (χ1) is 10.1. The van der Waals surface area contributed by atoms with Gasteiger partial charge in [-0.15, -0.1) is 0 Å². The maximum atomic E-state index is 12.4. The van der Waals surface area contributed by atoms with Crippen molar-refractivity contribution >= 4 is 11.8 Å². The Morgan fingerprint density at radius 1 is 1.14 bits per heavy atom. The van der Waals surface area contributed by atoms with E-state index in [0.717, 1.165) is 17.5 Å². The van der Waals surface area contributed by atoms with Crippen molar-refractivity contribution in [3.05, 3.63) is 23.3 Å².